The smallest absolute Gasteiger partial charge is 0.0110 e. The van der Waals surface area contributed by atoms with Crippen molar-refractivity contribution in [3.8, 4) is 0 Å². The standard InChI is InChI=1S/C16H32N3/c1-3-18-12-14-19(15-13-18)9-5-4-6-16-7-10-17(2)11-8-16/h6,16H,3-5,7-15H2,1-2H3. The van der Waals surface area contributed by atoms with Crippen LogP contribution in [0, 0.1) is 12.3 Å². The van der Waals surface area contributed by atoms with Gasteiger partial charge in [0.25, 0.3) is 0 Å². The van der Waals surface area contributed by atoms with Crippen LogP contribution in [-0.2, 0) is 0 Å². The van der Waals surface area contributed by atoms with E-state index >= 15 is 0 Å². The maximum atomic E-state index is 2.65. The highest BCUT2D eigenvalue weighted by atomic mass is 15.3. The Kier molecular flexibility index (Phi) is 6.62. The molecule has 3 heteroatoms. The molecule has 0 unspecified atom stereocenters. The van der Waals surface area contributed by atoms with Gasteiger partial charge in [-0.15, -0.1) is 0 Å². The van der Waals surface area contributed by atoms with Crippen molar-refractivity contribution < 1.29 is 0 Å². The highest BCUT2D eigenvalue weighted by Crippen LogP contribution is 2.20. The highest BCUT2D eigenvalue weighted by molar-refractivity contribution is 4.82. The number of piperidine rings is 1. The van der Waals surface area contributed by atoms with E-state index in [9.17, 15) is 0 Å². The van der Waals surface area contributed by atoms with Gasteiger partial charge in [-0.2, -0.15) is 0 Å². The molecule has 2 rings (SSSR count). The minimum absolute atomic E-state index is 0.896. The number of likely N-dealkylation sites (tertiary alicyclic amines) is 1. The second kappa shape index (κ2) is 8.23. The molecule has 111 valence electrons. The van der Waals surface area contributed by atoms with Gasteiger partial charge in [0.1, 0.15) is 0 Å². The number of hydrogen-bond acceptors (Lipinski definition) is 3. The summed E-state index contributed by atoms with van der Waals surface area (Å²) < 4.78 is 0. The van der Waals surface area contributed by atoms with Crippen molar-refractivity contribution in [2.45, 2.75) is 32.6 Å². The predicted octanol–water partition coefficient (Wildman–Crippen LogP) is 1.95. The molecule has 0 bridgehead atoms. The lowest BCUT2D eigenvalue weighted by molar-refractivity contribution is 0.136. The SMILES string of the molecule is CCN1CCN(CCC[CH]C2CCN(C)CC2)CC1. The molecule has 2 aliphatic heterocycles. The number of nitrogens with zero attached hydrogens (tertiary/aromatic N) is 3. The van der Waals surface area contributed by atoms with Crippen LogP contribution in [0.3, 0.4) is 0 Å². The van der Waals surface area contributed by atoms with E-state index in [2.05, 4.69) is 35.1 Å². The van der Waals surface area contributed by atoms with Crippen molar-refractivity contribution in [2.75, 3.05) is 59.4 Å². The summed E-state index contributed by atoms with van der Waals surface area (Å²) >= 11 is 0. The Hall–Kier alpha value is -0.120. The Labute approximate surface area is 119 Å². The van der Waals surface area contributed by atoms with Gasteiger partial charge in [-0.05, 0) is 71.2 Å². The lowest BCUT2D eigenvalue weighted by atomic mass is 9.92. The molecule has 0 amide bonds. The molecule has 0 atom stereocenters. The number of unbranched alkanes of at least 4 members (excludes halogenated alkanes) is 1. The largest absolute Gasteiger partial charge is 0.306 e. The molecule has 2 fully saturated rings. The summed E-state index contributed by atoms with van der Waals surface area (Å²) in [7, 11) is 2.24. The molecule has 0 spiro atoms. The van der Waals surface area contributed by atoms with Crippen molar-refractivity contribution >= 4 is 0 Å². The first-order valence-corrected chi connectivity index (χ1v) is 8.24. The predicted molar refractivity (Wildman–Crippen MR) is 82.3 cm³/mol. The first kappa shape index (κ1) is 15.3. The minimum Gasteiger partial charge on any atom is -0.306 e. The van der Waals surface area contributed by atoms with E-state index in [1.165, 1.54) is 78.0 Å². The molecule has 0 aromatic carbocycles. The lowest BCUT2D eigenvalue weighted by Crippen LogP contribution is -2.46. The van der Waals surface area contributed by atoms with Gasteiger partial charge in [-0.25, -0.2) is 0 Å². The van der Waals surface area contributed by atoms with Crippen LogP contribution in [0.1, 0.15) is 32.6 Å². The molecule has 19 heavy (non-hydrogen) atoms. The fourth-order valence-electron chi connectivity index (χ4n) is 3.26. The monoisotopic (exact) mass is 266 g/mol. The average Bonchev–Trinajstić information content (AvgIpc) is 2.46. The Morgan fingerprint density at radius 3 is 2.21 bits per heavy atom. The summed E-state index contributed by atoms with van der Waals surface area (Å²) in [4.78, 5) is 7.66. The van der Waals surface area contributed by atoms with E-state index in [4.69, 9.17) is 0 Å². The molecule has 2 aliphatic rings. The van der Waals surface area contributed by atoms with Crippen LogP contribution in [-0.4, -0.2) is 74.1 Å². The van der Waals surface area contributed by atoms with Gasteiger partial charge >= 0.3 is 0 Å². The van der Waals surface area contributed by atoms with Crippen LogP contribution in [0.25, 0.3) is 0 Å². The van der Waals surface area contributed by atoms with Crippen LogP contribution in [0.4, 0.5) is 0 Å². The van der Waals surface area contributed by atoms with Gasteiger partial charge in [-0.3, -0.25) is 0 Å². The van der Waals surface area contributed by atoms with Gasteiger partial charge in [0.05, 0.1) is 0 Å². The molecule has 2 heterocycles. The van der Waals surface area contributed by atoms with E-state index in [0.717, 1.165) is 5.92 Å². The second-order valence-electron chi connectivity index (χ2n) is 6.29. The normalized spacial score (nSPS) is 24.9. The molecule has 0 aromatic heterocycles. The van der Waals surface area contributed by atoms with E-state index in [1.54, 1.807) is 0 Å². The van der Waals surface area contributed by atoms with Crippen molar-refractivity contribution in [3.05, 3.63) is 6.42 Å². The lowest BCUT2D eigenvalue weighted by Gasteiger charge is -2.34. The molecule has 0 aliphatic carbocycles. The first-order valence-electron chi connectivity index (χ1n) is 8.24. The van der Waals surface area contributed by atoms with Crippen molar-refractivity contribution in [1.82, 2.24) is 14.7 Å². The zero-order chi connectivity index (χ0) is 13.5. The zero-order valence-electron chi connectivity index (χ0n) is 13.0. The van der Waals surface area contributed by atoms with Crippen molar-refractivity contribution in [3.63, 3.8) is 0 Å². The Bertz CT molecular complexity index is 228. The maximum Gasteiger partial charge on any atom is 0.0110 e. The molecular weight excluding hydrogens is 234 g/mol. The van der Waals surface area contributed by atoms with E-state index < -0.39 is 0 Å². The molecule has 0 N–H and O–H groups in total. The topological polar surface area (TPSA) is 9.72 Å². The van der Waals surface area contributed by atoms with E-state index in [1.807, 2.05) is 0 Å². The third-order valence-corrected chi connectivity index (χ3v) is 4.85. The number of piperazine rings is 1. The van der Waals surface area contributed by atoms with Crippen molar-refractivity contribution in [1.29, 1.82) is 0 Å². The second-order valence-corrected chi connectivity index (χ2v) is 6.29. The molecule has 2 saturated heterocycles. The highest BCUT2D eigenvalue weighted by Gasteiger charge is 2.17. The molecule has 0 saturated carbocycles. The summed E-state index contributed by atoms with van der Waals surface area (Å²) in [5, 5.41) is 0. The Balaban J connectivity index is 1.48. The summed E-state index contributed by atoms with van der Waals surface area (Å²) in [6.45, 7) is 12.5. The zero-order valence-corrected chi connectivity index (χ0v) is 13.0. The van der Waals surface area contributed by atoms with Crippen LogP contribution >= 0.6 is 0 Å². The number of likely N-dealkylation sites (N-methyl/N-ethyl adjacent to an activating group) is 1. The fraction of sp³-hybridized carbons (Fsp3) is 0.938. The first-order chi connectivity index (χ1) is 9.28. The van der Waals surface area contributed by atoms with Gasteiger partial charge in [0.15, 0.2) is 0 Å². The minimum atomic E-state index is 0.896. The van der Waals surface area contributed by atoms with Gasteiger partial charge in [-0.1, -0.05) is 6.92 Å². The molecule has 3 nitrogen and oxygen atoms in total. The quantitative estimate of drug-likeness (QED) is 0.680. The third-order valence-electron chi connectivity index (χ3n) is 4.85. The Morgan fingerprint density at radius 2 is 1.58 bits per heavy atom. The van der Waals surface area contributed by atoms with Crippen LogP contribution in [0.15, 0.2) is 0 Å². The molecule has 0 aromatic rings. The van der Waals surface area contributed by atoms with E-state index in [-0.39, 0.29) is 0 Å². The maximum absolute atomic E-state index is 2.65. The van der Waals surface area contributed by atoms with Gasteiger partial charge in [0.2, 0.25) is 0 Å². The Morgan fingerprint density at radius 1 is 0.947 bits per heavy atom. The van der Waals surface area contributed by atoms with Gasteiger partial charge in [0, 0.05) is 26.2 Å². The average molecular weight is 266 g/mol. The molecule has 1 radical (unpaired) electrons. The number of hydrogen-bond donors (Lipinski definition) is 0. The summed E-state index contributed by atoms with van der Waals surface area (Å²) in [5.41, 5.74) is 0. The number of rotatable bonds is 6. The third kappa shape index (κ3) is 5.41. The van der Waals surface area contributed by atoms with Gasteiger partial charge < -0.3 is 14.7 Å². The van der Waals surface area contributed by atoms with Crippen LogP contribution < -0.4 is 0 Å². The summed E-state index contributed by atoms with van der Waals surface area (Å²) in [6, 6.07) is 0. The van der Waals surface area contributed by atoms with E-state index in [0.29, 0.717) is 0 Å². The van der Waals surface area contributed by atoms with Crippen LogP contribution in [0.2, 0.25) is 0 Å². The molecular formula is C16H32N3. The summed E-state index contributed by atoms with van der Waals surface area (Å²) in [5.74, 6) is 0.896. The van der Waals surface area contributed by atoms with Crippen molar-refractivity contribution in [2.24, 2.45) is 5.92 Å². The fourth-order valence-corrected chi connectivity index (χ4v) is 3.26. The summed E-state index contributed by atoms with van der Waals surface area (Å²) in [6.07, 6.45) is 8.05. The van der Waals surface area contributed by atoms with Crippen LogP contribution in [0.5, 0.6) is 0 Å².